The molecule has 1 aliphatic heterocycles. The van der Waals surface area contributed by atoms with Crippen LogP contribution in [0.4, 0.5) is 8.78 Å². The van der Waals surface area contributed by atoms with E-state index in [4.69, 9.17) is 5.73 Å². The van der Waals surface area contributed by atoms with Crippen LogP contribution >= 0.6 is 0 Å². The molecule has 0 aromatic rings. The van der Waals surface area contributed by atoms with Crippen LogP contribution in [0.3, 0.4) is 0 Å². The largest absolute Gasteiger partial charge is 0.404 e. The maximum atomic E-state index is 12.1. The van der Waals surface area contributed by atoms with E-state index in [2.05, 4.69) is 0 Å². The van der Waals surface area contributed by atoms with E-state index in [1.807, 2.05) is 0 Å². The van der Waals surface area contributed by atoms with Crippen molar-refractivity contribution in [1.29, 1.82) is 0 Å². The first-order valence-corrected chi connectivity index (χ1v) is 3.10. The van der Waals surface area contributed by atoms with Crippen LogP contribution in [0.1, 0.15) is 0 Å². The standard InChI is InChI=1S/C6H8F2N2O/c7-6(8)3-10(4-6)5(11)1-2-9/h1-2H,3-4,9H2/b2-1-. The second-order valence-electron chi connectivity index (χ2n) is 2.41. The van der Waals surface area contributed by atoms with Gasteiger partial charge in [0.15, 0.2) is 0 Å². The Hall–Kier alpha value is -1.13. The zero-order chi connectivity index (χ0) is 8.48. The van der Waals surface area contributed by atoms with Crippen LogP contribution in [0.2, 0.25) is 0 Å². The molecule has 0 atom stereocenters. The molecular weight excluding hydrogens is 154 g/mol. The number of nitrogens with zero attached hydrogens (tertiary/aromatic N) is 1. The lowest BCUT2D eigenvalue weighted by molar-refractivity contribution is -0.160. The molecule has 0 aliphatic carbocycles. The first kappa shape index (κ1) is 7.97. The number of nitrogens with two attached hydrogens (primary N) is 1. The number of rotatable bonds is 1. The summed E-state index contributed by atoms with van der Waals surface area (Å²) in [5.74, 6) is -3.16. The highest BCUT2D eigenvalue weighted by Crippen LogP contribution is 2.26. The van der Waals surface area contributed by atoms with Crippen LogP contribution in [-0.4, -0.2) is 29.8 Å². The molecule has 1 amide bonds. The van der Waals surface area contributed by atoms with Crippen LogP contribution in [-0.2, 0) is 4.79 Å². The van der Waals surface area contributed by atoms with Gasteiger partial charge in [0.05, 0.1) is 13.1 Å². The highest BCUT2D eigenvalue weighted by atomic mass is 19.3. The summed E-state index contributed by atoms with van der Waals surface area (Å²) in [6.07, 6.45) is 2.11. The van der Waals surface area contributed by atoms with Crippen molar-refractivity contribution in [2.24, 2.45) is 5.73 Å². The number of amides is 1. The topological polar surface area (TPSA) is 46.3 Å². The highest BCUT2D eigenvalue weighted by molar-refractivity contribution is 5.88. The fourth-order valence-corrected chi connectivity index (χ4v) is 0.856. The van der Waals surface area contributed by atoms with E-state index >= 15 is 0 Å². The molecule has 1 fully saturated rings. The van der Waals surface area contributed by atoms with Gasteiger partial charge in [-0.25, -0.2) is 8.78 Å². The molecule has 0 saturated carbocycles. The lowest BCUT2D eigenvalue weighted by atomic mass is 10.1. The number of likely N-dealkylation sites (tertiary alicyclic amines) is 1. The molecule has 62 valence electrons. The maximum Gasteiger partial charge on any atom is 0.282 e. The van der Waals surface area contributed by atoms with Gasteiger partial charge in [-0.05, 0) is 6.20 Å². The van der Waals surface area contributed by atoms with Gasteiger partial charge in [0, 0.05) is 6.08 Å². The van der Waals surface area contributed by atoms with Gasteiger partial charge < -0.3 is 10.6 Å². The number of hydrogen-bond donors (Lipinski definition) is 1. The van der Waals surface area contributed by atoms with Crippen molar-refractivity contribution in [3.63, 3.8) is 0 Å². The van der Waals surface area contributed by atoms with Gasteiger partial charge in [0.25, 0.3) is 5.92 Å². The predicted molar refractivity (Wildman–Crippen MR) is 34.9 cm³/mol. The van der Waals surface area contributed by atoms with Gasteiger partial charge in [0.1, 0.15) is 0 Å². The zero-order valence-electron chi connectivity index (χ0n) is 5.76. The molecule has 1 heterocycles. The van der Waals surface area contributed by atoms with Gasteiger partial charge in [-0.2, -0.15) is 0 Å². The number of hydrogen-bond acceptors (Lipinski definition) is 2. The predicted octanol–water partition coefficient (Wildman–Crippen LogP) is -0.0637. The maximum absolute atomic E-state index is 12.1. The lowest BCUT2D eigenvalue weighted by Crippen LogP contribution is -2.58. The van der Waals surface area contributed by atoms with Crippen LogP contribution < -0.4 is 5.73 Å². The summed E-state index contributed by atoms with van der Waals surface area (Å²) >= 11 is 0. The molecular formula is C6H8F2N2O. The smallest absolute Gasteiger partial charge is 0.282 e. The average molecular weight is 162 g/mol. The van der Waals surface area contributed by atoms with Gasteiger partial charge >= 0.3 is 0 Å². The summed E-state index contributed by atoms with van der Waals surface area (Å²) in [6, 6.07) is 0. The second-order valence-corrected chi connectivity index (χ2v) is 2.41. The molecule has 0 aromatic heterocycles. The molecule has 5 heteroatoms. The first-order chi connectivity index (χ1) is 5.05. The Kier molecular flexibility index (Phi) is 1.80. The molecule has 11 heavy (non-hydrogen) atoms. The Labute approximate surface area is 62.5 Å². The minimum absolute atomic E-state index is 0.460. The molecule has 1 aliphatic rings. The average Bonchev–Trinajstić information content (AvgIpc) is 1.83. The third-order valence-corrected chi connectivity index (χ3v) is 1.39. The van der Waals surface area contributed by atoms with Gasteiger partial charge in [-0.1, -0.05) is 0 Å². The van der Waals surface area contributed by atoms with Crippen LogP contribution in [0.25, 0.3) is 0 Å². The summed E-state index contributed by atoms with van der Waals surface area (Å²) in [5.41, 5.74) is 4.90. The summed E-state index contributed by atoms with van der Waals surface area (Å²) in [4.78, 5) is 11.8. The minimum atomic E-state index is -2.70. The quantitative estimate of drug-likeness (QED) is 0.549. The van der Waals surface area contributed by atoms with Crippen molar-refractivity contribution >= 4 is 5.91 Å². The van der Waals surface area contributed by atoms with Crippen molar-refractivity contribution in [2.75, 3.05) is 13.1 Å². The summed E-state index contributed by atoms with van der Waals surface area (Å²) in [5, 5.41) is 0. The Morgan fingerprint density at radius 3 is 2.45 bits per heavy atom. The lowest BCUT2D eigenvalue weighted by Gasteiger charge is -2.37. The van der Waals surface area contributed by atoms with E-state index in [1.165, 1.54) is 0 Å². The zero-order valence-corrected chi connectivity index (χ0v) is 5.76. The number of alkyl halides is 2. The van der Waals surface area contributed by atoms with E-state index in [0.29, 0.717) is 0 Å². The molecule has 1 saturated heterocycles. The van der Waals surface area contributed by atoms with E-state index < -0.39 is 24.9 Å². The molecule has 0 aromatic carbocycles. The molecule has 0 spiro atoms. The van der Waals surface area contributed by atoms with E-state index in [0.717, 1.165) is 17.2 Å². The second kappa shape index (κ2) is 2.48. The fourth-order valence-electron chi connectivity index (χ4n) is 0.856. The SMILES string of the molecule is N/C=C\C(=O)N1CC(F)(F)C1. The van der Waals surface area contributed by atoms with Gasteiger partial charge in [0.2, 0.25) is 5.91 Å². The fraction of sp³-hybridized carbons (Fsp3) is 0.500. The Morgan fingerprint density at radius 2 is 2.09 bits per heavy atom. The first-order valence-electron chi connectivity index (χ1n) is 3.10. The molecule has 3 nitrogen and oxygen atoms in total. The monoisotopic (exact) mass is 162 g/mol. The van der Waals surface area contributed by atoms with Gasteiger partial charge in [-0.15, -0.1) is 0 Å². The molecule has 0 unspecified atom stereocenters. The van der Waals surface area contributed by atoms with Crippen molar-refractivity contribution in [2.45, 2.75) is 5.92 Å². The van der Waals surface area contributed by atoms with Crippen molar-refractivity contribution < 1.29 is 13.6 Å². The minimum Gasteiger partial charge on any atom is -0.404 e. The third kappa shape index (κ3) is 1.66. The van der Waals surface area contributed by atoms with E-state index in [1.54, 1.807) is 0 Å². The Morgan fingerprint density at radius 1 is 1.55 bits per heavy atom. The van der Waals surface area contributed by atoms with Gasteiger partial charge in [-0.3, -0.25) is 4.79 Å². The number of carbonyl (C=O) groups is 1. The number of carbonyl (C=O) groups excluding carboxylic acids is 1. The van der Waals surface area contributed by atoms with Crippen molar-refractivity contribution in [3.05, 3.63) is 12.3 Å². The van der Waals surface area contributed by atoms with E-state index in [9.17, 15) is 13.6 Å². The van der Waals surface area contributed by atoms with Crippen LogP contribution in [0, 0.1) is 0 Å². The van der Waals surface area contributed by atoms with Crippen LogP contribution in [0.15, 0.2) is 12.3 Å². The Bertz CT molecular complexity index is 195. The number of halogens is 2. The summed E-state index contributed by atoms with van der Waals surface area (Å²) < 4.78 is 24.3. The van der Waals surface area contributed by atoms with Crippen molar-refractivity contribution in [3.8, 4) is 0 Å². The molecule has 2 N–H and O–H groups in total. The van der Waals surface area contributed by atoms with E-state index in [-0.39, 0.29) is 0 Å². The van der Waals surface area contributed by atoms with Crippen molar-refractivity contribution in [1.82, 2.24) is 4.90 Å². The molecule has 0 bridgehead atoms. The van der Waals surface area contributed by atoms with Crippen LogP contribution in [0.5, 0.6) is 0 Å². The Balaban J connectivity index is 2.38. The molecule has 1 rings (SSSR count). The summed E-state index contributed by atoms with van der Waals surface area (Å²) in [7, 11) is 0. The molecule has 0 radical (unpaired) electrons. The third-order valence-electron chi connectivity index (χ3n) is 1.39. The normalized spacial score (nSPS) is 21.8. The highest BCUT2D eigenvalue weighted by Gasteiger charge is 2.45. The summed E-state index contributed by atoms with van der Waals surface area (Å²) in [6.45, 7) is -0.980.